The van der Waals surface area contributed by atoms with Crippen LogP contribution in [0.3, 0.4) is 0 Å². The predicted octanol–water partition coefficient (Wildman–Crippen LogP) is 5.55. The molecule has 2 aromatic rings. The zero-order chi connectivity index (χ0) is 21.4. The highest BCUT2D eigenvalue weighted by atomic mass is 19.4. The summed E-state index contributed by atoms with van der Waals surface area (Å²) in [6.07, 6.45) is -2.09. The molecular weight excluding hydrogens is 392 g/mol. The Morgan fingerprint density at radius 1 is 0.897 bits per heavy atom. The van der Waals surface area contributed by atoms with Crippen molar-refractivity contribution in [3.63, 3.8) is 0 Å². The average molecular weight is 412 g/mol. The maximum absolute atomic E-state index is 13.8. The van der Waals surface area contributed by atoms with Crippen LogP contribution in [0, 0.1) is 5.82 Å². The van der Waals surface area contributed by atoms with Crippen molar-refractivity contribution >= 4 is 11.9 Å². The molecule has 0 spiro atoms. The first-order valence-electron chi connectivity index (χ1n) is 9.03. The molecule has 2 aromatic carbocycles. The molecule has 0 fully saturated rings. The Morgan fingerprint density at radius 3 is 2.03 bits per heavy atom. The Labute approximate surface area is 165 Å². The number of rotatable bonds is 8. The van der Waals surface area contributed by atoms with Gasteiger partial charge in [-0.3, -0.25) is 0 Å². The van der Waals surface area contributed by atoms with Gasteiger partial charge in [-0.1, -0.05) is 25.8 Å². The normalized spacial score (nSPS) is 11.2. The molecule has 0 atom stereocenters. The van der Waals surface area contributed by atoms with Gasteiger partial charge < -0.3 is 9.47 Å². The highest BCUT2D eigenvalue weighted by molar-refractivity contribution is 5.93. The number of halogens is 4. The molecule has 156 valence electrons. The smallest absolute Gasteiger partial charge is 0.416 e. The van der Waals surface area contributed by atoms with Crippen molar-refractivity contribution in [1.29, 1.82) is 0 Å². The van der Waals surface area contributed by atoms with E-state index < -0.39 is 41.7 Å². The molecule has 0 bridgehead atoms. The summed E-state index contributed by atoms with van der Waals surface area (Å²) in [7, 11) is 0. The highest BCUT2D eigenvalue weighted by Gasteiger charge is 2.34. The number of esters is 2. The second-order valence-corrected chi connectivity index (χ2v) is 6.26. The minimum Gasteiger partial charge on any atom is -0.462 e. The summed E-state index contributed by atoms with van der Waals surface area (Å²) in [6, 6.07) is 7.79. The SMILES string of the molecule is CCCCCOC(=O)c1ccc(C(=O)OCc2c(F)cccc2C(F)(F)F)cc1. The van der Waals surface area contributed by atoms with E-state index in [1.807, 2.05) is 6.92 Å². The Bertz CT molecular complexity index is 845. The minimum absolute atomic E-state index is 0.0115. The second kappa shape index (κ2) is 10.0. The van der Waals surface area contributed by atoms with Gasteiger partial charge in [0.15, 0.2) is 0 Å². The van der Waals surface area contributed by atoms with E-state index in [2.05, 4.69) is 0 Å². The van der Waals surface area contributed by atoms with E-state index in [4.69, 9.17) is 9.47 Å². The Morgan fingerprint density at radius 2 is 1.48 bits per heavy atom. The third-order valence-corrected chi connectivity index (χ3v) is 4.11. The number of carbonyl (C=O) groups is 2. The molecule has 0 saturated carbocycles. The molecule has 0 radical (unpaired) electrons. The first kappa shape index (κ1) is 22.4. The van der Waals surface area contributed by atoms with Gasteiger partial charge in [-0.2, -0.15) is 13.2 Å². The van der Waals surface area contributed by atoms with Crippen molar-refractivity contribution in [2.75, 3.05) is 6.61 Å². The van der Waals surface area contributed by atoms with Crippen molar-refractivity contribution in [2.45, 2.75) is 39.0 Å². The van der Waals surface area contributed by atoms with Crippen molar-refractivity contribution in [2.24, 2.45) is 0 Å². The fourth-order valence-electron chi connectivity index (χ4n) is 2.53. The number of unbranched alkanes of at least 4 members (excludes halogenated alkanes) is 2. The molecule has 0 aromatic heterocycles. The van der Waals surface area contributed by atoms with E-state index >= 15 is 0 Å². The summed E-state index contributed by atoms with van der Waals surface area (Å²) in [5.74, 6) is -2.60. The van der Waals surface area contributed by atoms with Crippen LogP contribution < -0.4 is 0 Å². The van der Waals surface area contributed by atoms with E-state index in [0.717, 1.165) is 31.4 Å². The summed E-state index contributed by atoms with van der Waals surface area (Å²) in [5.41, 5.74) is -1.71. The molecule has 0 aliphatic carbocycles. The number of benzene rings is 2. The van der Waals surface area contributed by atoms with Crippen LogP contribution in [0.2, 0.25) is 0 Å². The molecule has 0 N–H and O–H groups in total. The van der Waals surface area contributed by atoms with Gasteiger partial charge in [0.1, 0.15) is 12.4 Å². The molecular formula is C21H20F4O4. The van der Waals surface area contributed by atoms with E-state index in [0.29, 0.717) is 12.7 Å². The van der Waals surface area contributed by atoms with Gasteiger partial charge in [0.25, 0.3) is 0 Å². The Kier molecular flexibility index (Phi) is 7.75. The number of ether oxygens (including phenoxy) is 2. The predicted molar refractivity (Wildman–Crippen MR) is 96.8 cm³/mol. The standard InChI is InChI=1S/C21H20F4O4/c1-2-3-4-12-28-19(26)14-8-10-15(11-9-14)20(27)29-13-16-17(21(23,24)25)6-5-7-18(16)22/h5-11H,2-4,12-13H2,1H3. The van der Waals surface area contributed by atoms with Gasteiger partial charge in [-0.05, 0) is 42.8 Å². The number of hydrogen-bond acceptors (Lipinski definition) is 4. The van der Waals surface area contributed by atoms with Gasteiger partial charge in [0.05, 0.1) is 23.3 Å². The molecule has 0 saturated heterocycles. The summed E-state index contributed by atoms with van der Waals surface area (Å²) in [6.45, 7) is 1.44. The van der Waals surface area contributed by atoms with Crippen molar-refractivity contribution in [3.05, 3.63) is 70.5 Å². The number of carbonyl (C=O) groups excluding carboxylic acids is 2. The van der Waals surface area contributed by atoms with Crippen molar-refractivity contribution in [1.82, 2.24) is 0 Å². The molecule has 29 heavy (non-hydrogen) atoms. The van der Waals surface area contributed by atoms with E-state index in [9.17, 15) is 27.2 Å². The fraction of sp³-hybridized carbons (Fsp3) is 0.333. The largest absolute Gasteiger partial charge is 0.462 e. The fourth-order valence-corrected chi connectivity index (χ4v) is 2.53. The van der Waals surface area contributed by atoms with E-state index in [-0.39, 0.29) is 11.1 Å². The van der Waals surface area contributed by atoms with E-state index in [1.165, 1.54) is 24.3 Å². The first-order chi connectivity index (χ1) is 13.7. The Balaban J connectivity index is 2.00. The van der Waals surface area contributed by atoms with E-state index in [1.54, 1.807) is 0 Å². The van der Waals surface area contributed by atoms with Crippen molar-refractivity contribution in [3.8, 4) is 0 Å². The molecule has 8 heteroatoms. The number of hydrogen-bond donors (Lipinski definition) is 0. The summed E-state index contributed by atoms with van der Waals surface area (Å²) >= 11 is 0. The van der Waals surface area contributed by atoms with Crippen LogP contribution in [0.4, 0.5) is 17.6 Å². The topological polar surface area (TPSA) is 52.6 Å². The van der Waals surface area contributed by atoms with Gasteiger partial charge in [-0.25, -0.2) is 14.0 Å². The summed E-state index contributed by atoms with van der Waals surface area (Å²) in [5, 5.41) is 0. The molecule has 0 aliphatic heterocycles. The van der Waals surface area contributed by atoms with Crippen LogP contribution in [-0.2, 0) is 22.3 Å². The maximum atomic E-state index is 13.8. The van der Waals surface area contributed by atoms with Crippen LogP contribution in [-0.4, -0.2) is 18.5 Å². The minimum atomic E-state index is -4.77. The van der Waals surface area contributed by atoms with Crippen LogP contribution >= 0.6 is 0 Å². The summed E-state index contributed by atoms with van der Waals surface area (Å²) < 4.78 is 62.6. The third-order valence-electron chi connectivity index (χ3n) is 4.11. The van der Waals surface area contributed by atoms with Crippen molar-refractivity contribution < 1.29 is 36.6 Å². The van der Waals surface area contributed by atoms with Crippen LogP contribution in [0.1, 0.15) is 58.0 Å². The average Bonchev–Trinajstić information content (AvgIpc) is 2.69. The van der Waals surface area contributed by atoms with Gasteiger partial charge in [0, 0.05) is 5.56 Å². The lowest BCUT2D eigenvalue weighted by Crippen LogP contribution is -2.14. The molecule has 0 amide bonds. The maximum Gasteiger partial charge on any atom is 0.416 e. The molecule has 0 unspecified atom stereocenters. The van der Waals surface area contributed by atoms with Gasteiger partial charge >= 0.3 is 18.1 Å². The molecule has 4 nitrogen and oxygen atoms in total. The lowest BCUT2D eigenvalue weighted by molar-refractivity contribution is -0.139. The third kappa shape index (κ3) is 6.30. The Hall–Kier alpha value is -2.90. The second-order valence-electron chi connectivity index (χ2n) is 6.26. The van der Waals surface area contributed by atoms with Gasteiger partial charge in [0.2, 0.25) is 0 Å². The molecule has 0 heterocycles. The van der Waals surface area contributed by atoms with Crippen LogP contribution in [0.5, 0.6) is 0 Å². The monoisotopic (exact) mass is 412 g/mol. The highest BCUT2D eigenvalue weighted by Crippen LogP contribution is 2.33. The lowest BCUT2D eigenvalue weighted by atomic mass is 10.1. The summed E-state index contributed by atoms with van der Waals surface area (Å²) in [4.78, 5) is 24.0. The van der Waals surface area contributed by atoms with Gasteiger partial charge in [-0.15, -0.1) is 0 Å². The quantitative estimate of drug-likeness (QED) is 0.324. The molecule has 0 aliphatic rings. The zero-order valence-electron chi connectivity index (χ0n) is 15.7. The lowest BCUT2D eigenvalue weighted by Gasteiger charge is -2.14. The number of alkyl halides is 3. The van der Waals surface area contributed by atoms with Crippen LogP contribution in [0.15, 0.2) is 42.5 Å². The zero-order valence-corrected chi connectivity index (χ0v) is 15.7. The van der Waals surface area contributed by atoms with Crippen LogP contribution in [0.25, 0.3) is 0 Å². The first-order valence-corrected chi connectivity index (χ1v) is 9.03. The molecule has 2 rings (SSSR count).